The van der Waals surface area contributed by atoms with E-state index in [1.165, 1.54) is 4.90 Å². The third-order valence-electron chi connectivity index (χ3n) is 3.77. The second-order valence-corrected chi connectivity index (χ2v) is 7.35. The zero-order valence-electron chi connectivity index (χ0n) is 16.0. The number of hydrogen-bond donors (Lipinski definition) is 2. The highest BCUT2D eigenvalue weighted by atomic mass is 127. The summed E-state index contributed by atoms with van der Waals surface area (Å²) < 4.78 is 10.6. The third kappa shape index (κ3) is 8.30. The zero-order valence-corrected chi connectivity index (χ0v) is 19.1. The Morgan fingerprint density at radius 3 is 2.48 bits per heavy atom. The summed E-state index contributed by atoms with van der Waals surface area (Å²) in [6, 6.07) is 16.2. The molecule has 0 saturated carbocycles. The number of nitrogens with one attached hydrogen (secondary N) is 1. The minimum Gasteiger partial charge on any atom is -0.493 e. The predicted molar refractivity (Wildman–Crippen MR) is 125 cm³/mol. The minimum atomic E-state index is 0. The molecule has 0 amide bonds. The van der Waals surface area contributed by atoms with E-state index in [0.29, 0.717) is 24.3 Å². The van der Waals surface area contributed by atoms with Gasteiger partial charge in [0, 0.05) is 16.7 Å². The van der Waals surface area contributed by atoms with Crippen LogP contribution < -0.4 is 20.5 Å². The van der Waals surface area contributed by atoms with E-state index < -0.39 is 0 Å². The van der Waals surface area contributed by atoms with Crippen molar-refractivity contribution in [1.29, 1.82) is 0 Å². The van der Waals surface area contributed by atoms with Crippen molar-refractivity contribution in [1.82, 2.24) is 5.32 Å². The van der Waals surface area contributed by atoms with Gasteiger partial charge >= 0.3 is 0 Å². The molecule has 0 heterocycles. The van der Waals surface area contributed by atoms with E-state index in [4.69, 9.17) is 15.2 Å². The van der Waals surface area contributed by atoms with E-state index in [9.17, 15) is 0 Å². The van der Waals surface area contributed by atoms with Crippen LogP contribution in [0.4, 0.5) is 0 Å². The Bertz CT molecular complexity index is 714. The number of benzene rings is 2. The molecule has 2 aromatic rings. The van der Waals surface area contributed by atoms with E-state index in [1.54, 1.807) is 26.0 Å². The Morgan fingerprint density at radius 1 is 1.11 bits per heavy atom. The van der Waals surface area contributed by atoms with Crippen LogP contribution >= 0.6 is 35.7 Å². The average Bonchev–Trinajstić information content (AvgIpc) is 2.67. The van der Waals surface area contributed by atoms with Crippen molar-refractivity contribution in [2.24, 2.45) is 10.7 Å². The molecule has 3 N–H and O–H groups in total. The van der Waals surface area contributed by atoms with E-state index >= 15 is 0 Å². The molecular formula is C20H28IN3O2S. The molecule has 0 aliphatic heterocycles. The topological polar surface area (TPSA) is 68.9 Å². The molecule has 0 spiro atoms. The zero-order chi connectivity index (χ0) is 18.8. The number of nitrogens with two attached hydrogens (primary N) is 1. The van der Waals surface area contributed by atoms with Crippen LogP contribution in [0.2, 0.25) is 0 Å². The summed E-state index contributed by atoms with van der Waals surface area (Å²) >= 11 is 1.80. The Balaban J connectivity index is 0.00000364. The summed E-state index contributed by atoms with van der Waals surface area (Å²) in [4.78, 5) is 5.68. The molecule has 7 heteroatoms. The first kappa shape index (κ1) is 23.4. The lowest BCUT2D eigenvalue weighted by atomic mass is 10.1. The van der Waals surface area contributed by atoms with Gasteiger partial charge in [0.25, 0.3) is 0 Å². The first-order chi connectivity index (χ1) is 12.6. The lowest BCUT2D eigenvalue weighted by Gasteiger charge is -2.11. The SMILES string of the molecule is COc1ccc(CCNC(N)=NCC(C)Sc2ccccc2)cc1OC.I. The fraction of sp³-hybridized carbons (Fsp3) is 0.350. The van der Waals surface area contributed by atoms with Crippen LogP contribution in [-0.4, -0.2) is 38.5 Å². The van der Waals surface area contributed by atoms with Crippen LogP contribution in [-0.2, 0) is 6.42 Å². The number of thioether (sulfide) groups is 1. The van der Waals surface area contributed by atoms with Gasteiger partial charge in [-0.1, -0.05) is 31.2 Å². The molecule has 2 rings (SSSR count). The highest BCUT2D eigenvalue weighted by Gasteiger charge is 2.05. The fourth-order valence-corrected chi connectivity index (χ4v) is 3.35. The van der Waals surface area contributed by atoms with Crippen molar-refractivity contribution < 1.29 is 9.47 Å². The van der Waals surface area contributed by atoms with Gasteiger partial charge in [-0.3, -0.25) is 4.99 Å². The van der Waals surface area contributed by atoms with Gasteiger partial charge in [0.1, 0.15) is 0 Å². The molecule has 0 bridgehead atoms. The number of aliphatic imine (C=N–C) groups is 1. The molecule has 0 saturated heterocycles. The molecule has 27 heavy (non-hydrogen) atoms. The molecule has 0 fully saturated rings. The molecule has 1 unspecified atom stereocenters. The van der Waals surface area contributed by atoms with Gasteiger partial charge in [-0.05, 0) is 36.2 Å². The Hall–Kier alpha value is -1.61. The molecule has 0 aliphatic rings. The molecule has 1 atom stereocenters. The number of rotatable bonds is 9. The Kier molecular flexibility index (Phi) is 11.0. The minimum absolute atomic E-state index is 0. The third-order valence-corrected chi connectivity index (χ3v) is 4.86. The number of ether oxygens (including phenoxy) is 2. The van der Waals surface area contributed by atoms with Crippen molar-refractivity contribution in [2.75, 3.05) is 27.3 Å². The van der Waals surface area contributed by atoms with Crippen molar-refractivity contribution in [3.05, 3.63) is 54.1 Å². The molecule has 0 aliphatic carbocycles. The number of nitrogens with zero attached hydrogens (tertiary/aromatic N) is 1. The maximum Gasteiger partial charge on any atom is 0.188 e. The molecule has 0 radical (unpaired) electrons. The van der Waals surface area contributed by atoms with Crippen LogP contribution in [0.1, 0.15) is 12.5 Å². The molecule has 0 aromatic heterocycles. The van der Waals surface area contributed by atoms with Crippen LogP contribution in [0.25, 0.3) is 0 Å². The monoisotopic (exact) mass is 501 g/mol. The van der Waals surface area contributed by atoms with Crippen LogP contribution in [0.5, 0.6) is 11.5 Å². The summed E-state index contributed by atoms with van der Waals surface area (Å²) in [5.74, 6) is 1.94. The van der Waals surface area contributed by atoms with E-state index in [-0.39, 0.29) is 24.0 Å². The van der Waals surface area contributed by atoms with E-state index in [1.807, 2.05) is 36.4 Å². The number of guanidine groups is 1. The second-order valence-electron chi connectivity index (χ2n) is 5.83. The predicted octanol–water partition coefficient (Wildman–Crippen LogP) is 3.95. The quantitative estimate of drug-likeness (QED) is 0.236. The molecule has 5 nitrogen and oxygen atoms in total. The van der Waals surface area contributed by atoms with Gasteiger partial charge in [0.2, 0.25) is 0 Å². The van der Waals surface area contributed by atoms with Crippen LogP contribution in [0, 0.1) is 0 Å². The fourth-order valence-electron chi connectivity index (χ4n) is 2.42. The van der Waals surface area contributed by atoms with Gasteiger partial charge in [0.15, 0.2) is 17.5 Å². The largest absolute Gasteiger partial charge is 0.493 e. The summed E-state index contributed by atoms with van der Waals surface area (Å²) in [7, 11) is 3.27. The van der Waals surface area contributed by atoms with Gasteiger partial charge < -0.3 is 20.5 Å². The lowest BCUT2D eigenvalue weighted by Crippen LogP contribution is -2.33. The number of hydrogen-bond acceptors (Lipinski definition) is 4. The summed E-state index contributed by atoms with van der Waals surface area (Å²) in [5, 5.41) is 3.53. The van der Waals surface area contributed by atoms with Crippen molar-refractivity contribution in [3.63, 3.8) is 0 Å². The van der Waals surface area contributed by atoms with Crippen LogP contribution in [0.15, 0.2) is 58.4 Å². The molecule has 148 valence electrons. The van der Waals surface area contributed by atoms with Gasteiger partial charge in [-0.15, -0.1) is 35.7 Å². The highest BCUT2D eigenvalue weighted by molar-refractivity contribution is 14.0. The van der Waals surface area contributed by atoms with Crippen molar-refractivity contribution >= 4 is 41.7 Å². The summed E-state index contributed by atoms with van der Waals surface area (Å²) in [6.07, 6.45) is 0.824. The number of halogens is 1. The molecular weight excluding hydrogens is 473 g/mol. The van der Waals surface area contributed by atoms with Crippen molar-refractivity contribution in [3.8, 4) is 11.5 Å². The maximum absolute atomic E-state index is 5.97. The standard InChI is InChI=1S/C20H27N3O2S.HI/c1-15(26-17-7-5-4-6-8-17)14-23-20(21)22-12-11-16-9-10-18(24-2)19(13-16)25-3;/h4-10,13,15H,11-12,14H2,1-3H3,(H3,21,22,23);1H. The number of methoxy groups -OCH3 is 2. The average molecular weight is 501 g/mol. The van der Waals surface area contributed by atoms with Gasteiger partial charge in [-0.2, -0.15) is 0 Å². The Labute approximate surface area is 183 Å². The summed E-state index contributed by atoms with van der Waals surface area (Å²) in [6.45, 7) is 3.54. The second kappa shape index (κ2) is 12.7. The maximum atomic E-state index is 5.97. The van der Waals surface area contributed by atoms with Gasteiger partial charge in [0.05, 0.1) is 20.8 Å². The smallest absolute Gasteiger partial charge is 0.188 e. The van der Waals surface area contributed by atoms with Crippen LogP contribution in [0.3, 0.4) is 0 Å². The normalized spacial score (nSPS) is 12.0. The van der Waals surface area contributed by atoms with Gasteiger partial charge in [-0.25, -0.2) is 0 Å². The van der Waals surface area contributed by atoms with E-state index in [2.05, 4.69) is 29.4 Å². The summed E-state index contributed by atoms with van der Waals surface area (Å²) in [5.41, 5.74) is 7.12. The van der Waals surface area contributed by atoms with E-state index in [0.717, 1.165) is 23.5 Å². The Morgan fingerprint density at radius 2 is 1.81 bits per heavy atom. The lowest BCUT2D eigenvalue weighted by molar-refractivity contribution is 0.354. The first-order valence-electron chi connectivity index (χ1n) is 8.58. The van der Waals surface area contributed by atoms with Crippen molar-refractivity contribution in [2.45, 2.75) is 23.5 Å². The molecule has 2 aromatic carbocycles. The highest BCUT2D eigenvalue weighted by Crippen LogP contribution is 2.27. The first-order valence-corrected chi connectivity index (χ1v) is 9.46.